The third kappa shape index (κ3) is 6.88. The Morgan fingerprint density at radius 1 is 0.548 bits per heavy atom. The van der Waals surface area contributed by atoms with Crippen LogP contribution in [0, 0.1) is 13.8 Å². The van der Waals surface area contributed by atoms with Crippen LogP contribution in [0.4, 0.5) is 34.1 Å². The van der Waals surface area contributed by atoms with Gasteiger partial charge in [0.2, 0.25) is 0 Å². The lowest BCUT2D eigenvalue weighted by atomic mass is 9.35. The molecule has 2 aliphatic heterocycles. The molecule has 62 heavy (non-hydrogen) atoms. The summed E-state index contributed by atoms with van der Waals surface area (Å²) in [5.74, 6) is 0. The van der Waals surface area contributed by atoms with E-state index in [0.717, 1.165) is 28.6 Å². The predicted octanol–water partition coefficient (Wildman–Crippen LogP) is 15.1. The second kappa shape index (κ2) is 13.6. The first-order valence-electron chi connectivity index (χ1n) is 24.6. The molecule has 0 spiro atoms. The van der Waals surface area contributed by atoms with Crippen LogP contribution < -0.4 is 25.5 Å². The summed E-state index contributed by atoms with van der Waals surface area (Å²) in [4.78, 5) is 5.20. The molecule has 0 amide bonds. The summed E-state index contributed by atoms with van der Waals surface area (Å²) in [6, 6.07) is 30.6. The maximum atomic E-state index is 8.48. The first kappa shape index (κ1) is 39.3. The Balaban J connectivity index is 1.47. The molecule has 4 heteroatoms. The standard InChI is InChI=1S/C58H71BN2S/c1-34-19-20-42-49(25-34)62-52-51(42)61(41-30-38(55(9,10)11)27-39(31-41)56(12,13)14)48-24-35(2)23-47-50(48)59(52)45-32-43-44(58(17,18)22-21-57(43,15)16)33-46(45)60(47)40-28-36(53(3,4)5)26-37(29-40)54(6,7)8/h19-20,23-33H,21-22H2,1-18H3/i1D3. The Kier molecular flexibility index (Phi) is 8.64. The highest BCUT2D eigenvalue weighted by Crippen LogP contribution is 2.53. The zero-order valence-electron chi connectivity index (χ0n) is 43.8. The largest absolute Gasteiger partial charge is 0.311 e. The van der Waals surface area contributed by atoms with Gasteiger partial charge in [-0.1, -0.05) is 141 Å². The minimum Gasteiger partial charge on any atom is -0.311 e. The monoisotopic (exact) mass is 842 g/mol. The highest BCUT2D eigenvalue weighted by atomic mass is 32.1. The zero-order chi connectivity index (χ0) is 47.5. The Labute approximate surface area is 383 Å². The number of rotatable bonds is 2. The van der Waals surface area contributed by atoms with E-state index in [1.165, 1.54) is 83.1 Å². The lowest BCUT2D eigenvalue weighted by Gasteiger charge is -2.47. The van der Waals surface area contributed by atoms with Crippen LogP contribution in [-0.2, 0) is 32.5 Å². The van der Waals surface area contributed by atoms with Gasteiger partial charge in [-0.15, -0.1) is 11.3 Å². The highest BCUT2D eigenvalue weighted by molar-refractivity contribution is 7.33. The van der Waals surface area contributed by atoms with Gasteiger partial charge in [0.15, 0.2) is 0 Å². The van der Waals surface area contributed by atoms with Gasteiger partial charge in [0.05, 0.1) is 5.69 Å². The lowest BCUT2D eigenvalue weighted by molar-refractivity contribution is 0.332. The molecule has 5 aromatic carbocycles. The molecule has 2 nitrogen and oxygen atoms in total. The fourth-order valence-corrected chi connectivity index (χ4v) is 11.8. The SMILES string of the molecule is [2H]C([2H])([2H])c1ccc2c3c(sc2c1)B1c2cc4c(cc2N(c2cc(C(C)(C)C)cc(C(C)(C)C)c2)c2cc(C)cc(c21)N3c1cc(C(C)(C)C)cc(C(C)(C)C)c1)C(C)(C)CCC4(C)C. The summed E-state index contributed by atoms with van der Waals surface area (Å²) in [7, 11) is 0. The fourth-order valence-electron chi connectivity index (χ4n) is 10.4. The Morgan fingerprint density at radius 3 is 1.50 bits per heavy atom. The van der Waals surface area contributed by atoms with Crippen molar-refractivity contribution in [3.05, 3.63) is 123 Å². The van der Waals surface area contributed by atoms with Crippen LogP contribution in [0.3, 0.4) is 0 Å². The van der Waals surface area contributed by atoms with E-state index in [9.17, 15) is 0 Å². The maximum Gasteiger partial charge on any atom is 0.264 e. The van der Waals surface area contributed by atoms with Gasteiger partial charge in [0.1, 0.15) is 0 Å². The van der Waals surface area contributed by atoms with Crippen molar-refractivity contribution in [2.24, 2.45) is 0 Å². The number of nitrogens with zero attached hydrogens (tertiary/aromatic N) is 2. The molecule has 0 saturated carbocycles. The van der Waals surface area contributed by atoms with Gasteiger partial charge in [-0.2, -0.15) is 0 Å². The number of hydrogen-bond acceptors (Lipinski definition) is 3. The van der Waals surface area contributed by atoms with Crippen LogP contribution in [0.25, 0.3) is 10.1 Å². The van der Waals surface area contributed by atoms with Crippen LogP contribution in [0.1, 0.15) is 172 Å². The summed E-state index contributed by atoms with van der Waals surface area (Å²) >= 11 is 1.79. The molecular formula is C58H71BN2S. The number of fused-ring (bicyclic) bond motifs is 7. The summed E-state index contributed by atoms with van der Waals surface area (Å²) in [5, 5.41) is 1.10. The average molecular weight is 842 g/mol. The summed E-state index contributed by atoms with van der Waals surface area (Å²) < 4.78 is 27.7. The molecule has 9 rings (SSSR count). The second-order valence-corrected chi connectivity index (χ2v) is 25.7. The number of thiophene rings is 1. The molecule has 0 N–H and O–H groups in total. The molecule has 322 valence electrons. The van der Waals surface area contributed by atoms with Gasteiger partial charge in [-0.3, -0.25) is 0 Å². The van der Waals surface area contributed by atoms with Gasteiger partial charge in [0, 0.05) is 47.4 Å². The molecule has 3 aliphatic rings. The molecule has 0 bridgehead atoms. The molecule has 0 fully saturated rings. The quantitative estimate of drug-likeness (QED) is 0.160. The molecule has 1 aliphatic carbocycles. The lowest BCUT2D eigenvalue weighted by Crippen LogP contribution is -2.61. The second-order valence-electron chi connectivity index (χ2n) is 24.6. The van der Waals surface area contributed by atoms with Gasteiger partial charge in [0.25, 0.3) is 6.71 Å². The maximum absolute atomic E-state index is 8.48. The van der Waals surface area contributed by atoms with Crippen LogP contribution >= 0.6 is 11.3 Å². The van der Waals surface area contributed by atoms with Crippen LogP contribution in [0.5, 0.6) is 0 Å². The number of hydrogen-bond donors (Lipinski definition) is 0. The van der Waals surface area contributed by atoms with E-state index < -0.39 is 6.85 Å². The van der Waals surface area contributed by atoms with E-state index in [4.69, 9.17) is 4.11 Å². The van der Waals surface area contributed by atoms with E-state index >= 15 is 0 Å². The molecule has 0 saturated heterocycles. The van der Waals surface area contributed by atoms with E-state index in [0.29, 0.717) is 5.56 Å². The van der Waals surface area contributed by atoms with Crippen LogP contribution in [-0.4, -0.2) is 6.71 Å². The first-order valence-corrected chi connectivity index (χ1v) is 23.9. The Bertz CT molecular complexity index is 2870. The highest BCUT2D eigenvalue weighted by Gasteiger charge is 2.48. The van der Waals surface area contributed by atoms with Crippen LogP contribution in [0.2, 0.25) is 0 Å². The van der Waals surface area contributed by atoms with E-state index in [2.05, 4.69) is 194 Å². The third-order valence-corrected chi connectivity index (χ3v) is 15.8. The molecule has 6 aromatic rings. The van der Waals surface area contributed by atoms with E-state index in [-0.39, 0.29) is 39.2 Å². The summed E-state index contributed by atoms with van der Waals surface area (Å²) in [6.07, 6.45) is 2.26. The van der Waals surface area contributed by atoms with E-state index in [1.54, 1.807) is 11.3 Å². The van der Waals surface area contributed by atoms with Gasteiger partial charge < -0.3 is 9.80 Å². The summed E-state index contributed by atoms with van der Waals surface area (Å²) in [6.45, 7) is 37.7. The van der Waals surface area contributed by atoms with Crippen LogP contribution in [0.15, 0.2) is 78.9 Å². The number of aryl methyl sites for hydroxylation is 2. The number of benzene rings is 5. The Hall–Kier alpha value is -4.28. The Morgan fingerprint density at radius 2 is 1.02 bits per heavy atom. The molecule has 3 heterocycles. The molecular weight excluding hydrogens is 768 g/mol. The zero-order valence-corrected chi connectivity index (χ0v) is 41.6. The molecule has 0 unspecified atom stereocenters. The van der Waals surface area contributed by atoms with Crippen molar-refractivity contribution in [3.8, 4) is 0 Å². The fraction of sp³-hybridized carbons (Fsp3) is 0.448. The van der Waals surface area contributed by atoms with Crippen molar-refractivity contribution in [2.75, 3.05) is 9.80 Å². The minimum atomic E-state index is -2.21. The van der Waals surface area contributed by atoms with Gasteiger partial charge >= 0.3 is 0 Å². The average Bonchev–Trinajstić information content (AvgIpc) is 3.55. The molecule has 1 aromatic heterocycles. The topological polar surface area (TPSA) is 6.48 Å². The van der Waals surface area contributed by atoms with Crippen molar-refractivity contribution >= 4 is 78.0 Å². The third-order valence-electron chi connectivity index (χ3n) is 14.6. The van der Waals surface area contributed by atoms with E-state index in [1.807, 2.05) is 12.1 Å². The smallest absolute Gasteiger partial charge is 0.264 e. The molecule has 0 radical (unpaired) electrons. The van der Waals surface area contributed by atoms with Crippen molar-refractivity contribution in [1.29, 1.82) is 0 Å². The summed E-state index contributed by atoms with van der Waals surface area (Å²) in [5.41, 5.74) is 19.2. The first-order chi connectivity index (χ1) is 29.8. The number of anilines is 6. The minimum absolute atomic E-state index is 0.00170. The van der Waals surface area contributed by atoms with Crippen molar-refractivity contribution < 1.29 is 4.11 Å². The van der Waals surface area contributed by atoms with Gasteiger partial charge in [-0.05, 0) is 163 Å². The predicted molar refractivity (Wildman–Crippen MR) is 275 cm³/mol. The van der Waals surface area contributed by atoms with Crippen molar-refractivity contribution in [1.82, 2.24) is 0 Å². The van der Waals surface area contributed by atoms with Crippen molar-refractivity contribution in [2.45, 2.75) is 170 Å². The normalized spacial score (nSPS) is 17.8. The van der Waals surface area contributed by atoms with Gasteiger partial charge in [-0.25, -0.2) is 0 Å². The molecule has 0 atom stereocenters. The van der Waals surface area contributed by atoms with Crippen molar-refractivity contribution in [3.63, 3.8) is 0 Å².